The SMILES string of the molecule is Nc1cccc(C(=O)Nc2ccc3c(Cc4ccncc4)nnc(Nc4ccc(Cl)cc4)c3c2)c1. The lowest BCUT2D eigenvalue weighted by Crippen LogP contribution is -2.12. The fourth-order valence-electron chi connectivity index (χ4n) is 3.76. The van der Waals surface area contributed by atoms with Gasteiger partial charge in [0.15, 0.2) is 5.82 Å². The molecule has 0 unspecified atom stereocenters. The third kappa shape index (κ3) is 5.20. The minimum atomic E-state index is -0.247. The van der Waals surface area contributed by atoms with Gasteiger partial charge in [-0.05, 0) is 72.3 Å². The van der Waals surface area contributed by atoms with Crippen molar-refractivity contribution in [1.82, 2.24) is 15.2 Å². The summed E-state index contributed by atoms with van der Waals surface area (Å²) in [5.74, 6) is 0.323. The molecule has 0 saturated carbocycles. The van der Waals surface area contributed by atoms with Crippen LogP contribution < -0.4 is 16.4 Å². The summed E-state index contributed by atoms with van der Waals surface area (Å²) < 4.78 is 0. The fourth-order valence-corrected chi connectivity index (χ4v) is 3.88. The lowest BCUT2D eigenvalue weighted by molar-refractivity contribution is 0.102. The molecule has 5 aromatic rings. The molecular weight excluding hydrogens is 460 g/mol. The Morgan fingerprint density at radius 2 is 1.63 bits per heavy atom. The number of halogens is 1. The Morgan fingerprint density at radius 1 is 0.857 bits per heavy atom. The van der Waals surface area contributed by atoms with Gasteiger partial charge in [0.05, 0.1) is 5.69 Å². The lowest BCUT2D eigenvalue weighted by Gasteiger charge is -2.13. The molecule has 8 heteroatoms. The molecule has 0 aliphatic carbocycles. The van der Waals surface area contributed by atoms with Crippen LogP contribution in [0.5, 0.6) is 0 Å². The van der Waals surface area contributed by atoms with Gasteiger partial charge in [-0.3, -0.25) is 9.78 Å². The second kappa shape index (κ2) is 9.79. The summed E-state index contributed by atoms with van der Waals surface area (Å²) in [7, 11) is 0. The maximum atomic E-state index is 12.8. The molecule has 0 spiro atoms. The van der Waals surface area contributed by atoms with Crippen molar-refractivity contribution in [3.8, 4) is 0 Å². The number of carbonyl (C=O) groups excluding carboxylic acids is 1. The molecule has 0 aliphatic rings. The van der Waals surface area contributed by atoms with Gasteiger partial charge in [0.25, 0.3) is 5.91 Å². The van der Waals surface area contributed by atoms with E-state index < -0.39 is 0 Å². The van der Waals surface area contributed by atoms with Crippen LogP contribution in [0.4, 0.5) is 22.9 Å². The van der Waals surface area contributed by atoms with E-state index in [1.54, 1.807) is 48.8 Å². The Labute approximate surface area is 207 Å². The van der Waals surface area contributed by atoms with Gasteiger partial charge in [-0.1, -0.05) is 23.7 Å². The van der Waals surface area contributed by atoms with E-state index >= 15 is 0 Å². The number of nitrogens with one attached hydrogen (secondary N) is 2. The first-order valence-corrected chi connectivity index (χ1v) is 11.3. The van der Waals surface area contributed by atoms with Crippen LogP contribution in [0.15, 0.2) is 91.3 Å². The maximum absolute atomic E-state index is 12.8. The molecule has 3 aromatic carbocycles. The van der Waals surface area contributed by atoms with Crippen molar-refractivity contribution in [3.05, 3.63) is 113 Å². The summed E-state index contributed by atoms with van der Waals surface area (Å²) >= 11 is 6.03. The van der Waals surface area contributed by atoms with E-state index in [0.29, 0.717) is 34.2 Å². The molecule has 4 N–H and O–H groups in total. The molecule has 2 aromatic heterocycles. The summed E-state index contributed by atoms with van der Waals surface area (Å²) in [4.78, 5) is 16.9. The number of nitrogens with zero attached hydrogens (tertiary/aromatic N) is 3. The monoisotopic (exact) mass is 480 g/mol. The smallest absolute Gasteiger partial charge is 0.255 e. The summed E-state index contributed by atoms with van der Waals surface area (Å²) in [6.07, 6.45) is 4.11. The van der Waals surface area contributed by atoms with Crippen molar-refractivity contribution >= 4 is 51.2 Å². The zero-order valence-corrected chi connectivity index (χ0v) is 19.3. The van der Waals surface area contributed by atoms with Crippen LogP contribution in [0.3, 0.4) is 0 Å². The number of benzene rings is 3. The highest BCUT2D eigenvalue weighted by Gasteiger charge is 2.13. The number of rotatable bonds is 6. The summed E-state index contributed by atoms with van der Waals surface area (Å²) in [5.41, 5.74) is 10.2. The third-order valence-corrected chi connectivity index (χ3v) is 5.74. The Morgan fingerprint density at radius 3 is 2.40 bits per heavy atom. The fraction of sp³-hybridized carbons (Fsp3) is 0.0370. The molecule has 2 heterocycles. The van der Waals surface area contributed by atoms with Gasteiger partial charge in [0.1, 0.15) is 0 Å². The Hall–Kier alpha value is -4.49. The number of nitrogen functional groups attached to an aromatic ring is 1. The van der Waals surface area contributed by atoms with Gasteiger partial charge in [0, 0.05) is 57.2 Å². The van der Waals surface area contributed by atoms with Gasteiger partial charge in [-0.25, -0.2) is 0 Å². The zero-order valence-electron chi connectivity index (χ0n) is 18.6. The highest BCUT2D eigenvalue weighted by Crippen LogP contribution is 2.30. The maximum Gasteiger partial charge on any atom is 0.255 e. The molecule has 172 valence electrons. The number of fused-ring (bicyclic) bond motifs is 1. The number of nitrogens with two attached hydrogens (primary N) is 1. The molecule has 7 nitrogen and oxygen atoms in total. The van der Waals surface area contributed by atoms with Crippen LogP contribution in [0, 0.1) is 0 Å². The molecule has 0 saturated heterocycles. The highest BCUT2D eigenvalue weighted by atomic mass is 35.5. The zero-order chi connectivity index (χ0) is 24.2. The van der Waals surface area contributed by atoms with E-state index in [9.17, 15) is 4.79 Å². The van der Waals surface area contributed by atoms with E-state index in [-0.39, 0.29) is 5.91 Å². The highest BCUT2D eigenvalue weighted by molar-refractivity contribution is 6.30. The van der Waals surface area contributed by atoms with Crippen molar-refractivity contribution in [3.63, 3.8) is 0 Å². The second-order valence-corrected chi connectivity index (χ2v) is 8.44. The average molecular weight is 481 g/mol. The number of hydrogen-bond donors (Lipinski definition) is 3. The van der Waals surface area contributed by atoms with Crippen molar-refractivity contribution in [2.45, 2.75) is 6.42 Å². The second-order valence-electron chi connectivity index (χ2n) is 8.00. The molecule has 0 aliphatic heterocycles. The summed E-state index contributed by atoms with van der Waals surface area (Å²) in [5, 5.41) is 17.6. The predicted octanol–water partition coefficient (Wildman–Crippen LogP) is 5.85. The van der Waals surface area contributed by atoms with Gasteiger partial charge in [-0.15, -0.1) is 5.10 Å². The first-order chi connectivity index (χ1) is 17.0. The molecule has 1 amide bonds. The van der Waals surface area contributed by atoms with Gasteiger partial charge in [-0.2, -0.15) is 5.10 Å². The minimum absolute atomic E-state index is 0.247. The topological polar surface area (TPSA) is 106 Å². The van der Waals surface area contributed by atoms with Gasteiger partial charge in [0.2, 0.25) is 0 Å². The minimum Gasteiger partial charge on any atom is -0.399 e. The Kier molecular flexibility index (Phi) is 6.24. The quantitative estimate of drug-likeness (QED) is 0.263. The molecule has 35 heavy (non-hydrogen) atoms. The van der Waals surface area contributed by atoms with Crippen molar-refractivity contribution in [2.24, 2.45) is 0 Å². The number of pyridine rings is 1. The van der Waals surface area contributed by atoms with Crippen LogP contribution in [0.25, 0.3) is 10.8 Å². The normalized spacial score (nSPS) is 10.8. The molecule has 0 bridgehead atoms. The van der Waals surface area contributed by atoms with Crippen LogP contribution >= 0.6 is 11.6 Å². The van der Waals surface area contributed by atoms with Crippen molar-refractivity contribution in [2.75, 3.05) is 16.4 Å². The largest absolute Gasteiger partial charge is 0.399 e. The molecular formula is C27H21ClN6O. The lowest BCUT2D eigenvalue weighted by atomic mass is 10.0. The number of carbonyl (C=O) groups is 1. The van der Waals surface area contributed by atoms with E-state index in [2.05, 4.69) is 25.8 Å². The number of amides is 1. The Bertz CT molecular complexity index is 1510. The predicted molar refractivity (Wildman–Crippen MR) is 140 cm³/mol. The van der Waals surface area contributed by atoms with E-state index in [1.807, 2.05) is 42.5 Å². The van der Waals surface area contributed by atoms with Gasteiger partial charge < -0.3 is 16.4 Å². The number of hydrogen-bond acceptors (Lipinski definition) is 6. The summed E-state index contributed by atoms with van der Waals surface area (Å²) in [6, 6.07) is 23.8. The molecule has 0 radical (unpaired) electrons. The van der Waals surface area contributed by atoms with Gasteiger partial charge >= 0.3 is 0 Å². The Balaban J connectivity index is 1.53. The van der Waals surface area contributed by atoms with E-state index in [0.717, 1.165) is 27.7 Å². The number of aromatic nitrogens is 3. The van der Waals surface area contributed by atoms with Crippen molar-refractivity contribution in [1.29, 1.82) is 0 Å². The van der Waals surface area contributed by atoms with Crippen LogP contribution in [0.1, 0.15) is 21.6 Å². The van der Waals surface area contributed by atoms with Crippen LogP contribution in [0.2, 0.25) is 5.02 Å². The molecule has 0 atom stereocenters. The average Bonchev–Trinajstić information content (AvgIpc) is 2.87. The molecule has 5 rings (SSSR count). The van der Waals surface area contributed by atoms with Crippen molar-refractivity contribution < 1.29 is 4.79 Å². The summed E-state index contributed by atoms with van der Waals surface area (Å²) in [6.45, 7) is 0. The first kappa shape index (κ1) is 22.3. The molecule has 0 fully saturated rings. The van der Waals surface area contributed by atoms with Crippen LogP contribution in [-0.2, 0) is 6.42 Å². The standard InChI is InChI=1S/C27H21ClN6O/c28-19-4-6-21(7-5-19)31-26-24-16-22(32-27(35)18-2-1-3-20(29)15-18)8-9-23(24)25(33-34-26)14-17-10-12-30-13-11-17/h1-13,15-16H,14,29H2,(H,31,34)(H,32,35). The number of anilines is 4. The first-order valence-electron chi connectivity index (χ1n) is 10.9. The third-order valence-electron chi connectivity index (χ3n) is 5.49. The van der Waals surface area contributed by atoms with E-state index in [4.69, 9.17) is 17.3 Å². The van der Waals surface area contributed by atoms with Crippen LogP contribution in [-0.4, -0.2) is 21.1 Å². The van der Waals surface area contributed by atoms with E-state index in [1.165, 1.54) is 0 Å².